The fourth-order valence-corrected chi connectivity index (χ4v) is 3.98. The van der Waals surface area contributed by atoms with Crippen LogP contribution in [0.25, 0.3) is 0 Å². The van der Waals surface area contributed by atoms with E-state index in [0.717, 1.165) is 31.5 Å². The number of aliphatic hydroxyl groups is 1. The van der Waals surface area contributed by atoms with Gasteiger partial charge in [0.25, 0.3) is 0 Å². The van der Waals surface area contributed by atoms with Gasteiger partial charge >= 0.3 is 0 Å². The second kappa shape index (κ2) is 6.77. The number of nitrogens with one attached hydrogen (secondary N) is 1. The van der Waals surface area contributed by atoms with Crippen molar-refractivity contribution in [3.8, 4) is 0 Å². The Balaban J connectivity index is 2.18. The van der Waals surface area contributed by atoms with Gasteiger partial charge in [-0.2, -0.15) is 0 Å². The SMILES string of the molecule is CC(C)NS(=O)(=O)c1ccc(N2CCCCC2CO)cc1. The monoisotopic (exact) mass is 312 g/mol. The molecule has 21 heavy (non-hydrogen) atoms. The molecule has 2 N–H and O–H groups in total. The molecule has 0 aromatic heterocycles. The van der Waals surface area contributed by atoms with Gasteiger partial charge in [-0.05, 0) is 57.4 Å². The number of sulfonamides is 1. The Kier molecular flexibility index (Phi) is 5.24. The van der Waals surface area contributed by atoms with E-state index in [2.05, 4.69) is 9.62 Å². The van der Waals surface area contributed by atoms with Crippen molar-refractivity contribution in [1.29, 1.82) is 0 Å². The van der Waals surface area contributed by atoms with Crippen LogP contribution in [-0.4, -0.2) is 38.8 Å². The van der Waals surface area contributed by atoms with Crippen LogP contribution in [-0.2, 0) is 10.0 Å². The van der Waals surface area contributed by atoms with Gasteiger partial charge in [-0.15, -0.1) is 0 Å². The summed E-state index contributed by atoms with van der Waals surface area (Å²) in [5.74, 6) is 0. The van der Waals surface area contributed by atoms with Crippen LogP contribution in [0.15, 0.2) is 29.2 Å². The standard InChI is InChI=1S/C15H24N2O3S/c1-12(2)16-21(19,20)15-8-6-13(7-9-15)17-10-4-3-5-14(17)11-18/h6-9,12,14,16,18H,3-5,10-11H2,1-2H3. The lowest BCUT2D eigenvalue weighted by molar-refractivity contribution is 0.240. The van der Waals surface area contributed by atoms with Crippen LogP contribution < -0.4 is 9.62 Å². The minimum absolute atomic E-state index is 0.129. The van der Waals surface area contributed by atoms with E-state index in [1.165, 1.54) is 0 Å². The molecule has 5 nitrogen and oxygen atoms in total. The number of hydrogen-bond donors (Lipinski definition) is 2. The number of anilines is 1. The molecule has 0 spiro atoms. The van der Waals surface area contributed by atoms with Gasteiger partial charge in [0.15, 0.2) is 0 Å². The van der Waals surface area contributed by atoms with Crippen LogP contribution in [0.4, 0.5) is 5.69 Å². The summed E-state index contributed by atoms with van der Waals surface area (Å²) >= 11 is 0. The Morgan fingerprint density at radius 1 is 1.29 bits per heavy atom. The smallest absolute Gasteiger partial charge is 0.240 e. The second-order valence-corrected chi connectivity index (χ2v) is 7.51. The minimum Gasteiger partial charge on any atom is -0.394 e. The highest BCUT2D eigenvalue weighted by Crippen LogP contribution is 2.25. The highest BCUT2D eigenvalue weighted by atomic mass is 32.2. The van der Waals surface area contributed by atoms with Crippen LogP contribution in [0, 0.1) is 0 Å². The summed E-state index contributed by atoms with van der Waals surface area (Å²) in [5.41, 5.74) is 0.970. The molecule has 1 aliphatic heterocycles. The summed E-state index contributed by atoms with van der Waals surface area (Å²) < 4.78 is 26.7. The largest absolute Gasteiger partial charge is 0.394 e. The number of aliphatic hydroxyl groups excluding tert-OH is 1. The third kappa shape index (κ3) is 3.96. The summed E-state index contributed by atoms with van der Waals surface area (Å²) in [4.78, 5) is 2.44. The first-order valence-electron chi connectivity index (χ1n) is 7.44. The van der Waals surface area contributed by atoms with E-state index in [1.54, 1.807) is 26.0 Å². The van der Waals surface area contributed by atoms with Crippen molar-refractivity contribution < 1.29 is 13.5 Å². The van der Waals surface area contributed by atoms with Crippen molar-refractivity contribution >= 4 is 15.7 Å². The molecule has 1 atom stereocenters. The van der Waals surface area contributed by atoms with Gasteiger partial charge in [0, 0.05) is 18.3 Å². The van der Waals surface area contributed by atoms with Crippen LogP contribution >= 0.6 is 0 Å². The van der Waals surface area contributed by atoms with Gasteiger partial charge < -0.3 is 10.0 Å². The minimum atomic E-state index is -3.44. The van der Waals surface area contributed by atoms with Gasteiger partial charge in [0.05, 0.1) is 17.5 Å². The number of hydrogen-bond acceptors (Lipinski definition) is 4. The summed E-state index contributed by atoms with van der Waals surface area (Å²) in [6, 6.07) is 6.91. The van der Waals surface area contributed by atoms with Crippen molar-refractivity contribution in [2.24, 2.45) is 0 Å². The molecule has 0 amide bonds. The first kappa shape index (κ1) is 16.3. The zero-order valence-corrected chi connectivity index (χ0v) is 13.4. The quantitative estimate of drug-likeness (QED) is 0.868. The summed E-state index contributed by atoms with van der Waals surface area (Å²) in [6.45, 7) is 4.63. The number of benzene rings is 1. The fourth-order valence-electron chi connectivity index (χ4n) is 2.73. The molecule has 1 aromatic carbocycles. The van der Waals surface area contributed by atoms with Gasteiger partial charge in [-0.1, -0.05) is 0 Å². The molecule has 0 aliphatic carbocycles. The molecule has 0 radical (unpaired) electrons. The molecule has 1 unspecified atom stereocenters. The van der Waals surface area contributed by atoms with E-state index in [-0.39, 0.29) is 23.6 Å². The lowest BCUT2D eigenvalue weighted by Gasteiger charge is -2.36. The summed E-state index contributed by atoms with van der Waals surface area (Å²) in [6.07, 6.45) is 3.21. The summed E-state index contributed by atoms with van der Waals surface area (Å²) in [5, 5.41) is 9.46. The average Bonchev–Trinajstić information content (AvgIpc) is 2.46. The second-order valence-electron chi connectivity index (χ2n) is 5.80. The molecule has 1 aliphatic rings. The normalized spacial score (nSPS) is 20.0. The van der Waals surface area contributed by atoms with Crippen molar-refractivity contribution in [3.05, 3.63) is 24.3 Å². The lowest BCUT2D eigenvalue weighted by atomic mass is 10.0. The summed E-state index contributed by atoms with van der Waals surface area (Å²) in [7, 11) is -3.44. The predicted molar refractivity (Wildman–Crippen MR) is 84.0 cm³/mol. The lowest BCUT2D eigenvalue weighted by Crippen LogP contribution is -2.41. The van der Waals surface area contributed by atoms with Crippen LogP contribution in [0.1, 0.15) is 33.1 Å². The molecular weight excluding hydrogens is 288 g/mol. The van der Waals surface area contributed by atoms with Crippen LogP contribution in [0.2, 0.25) is 0 Å². The highest BCUT2D eigenvalue weighted by molar-refractivity contribution is 7.89. The third-order valence-electron chi connectivity index (χ3n) is 3.71. The number of nitrogens with zero attached hydrogens (tertiary/aromatic N) is 1. The Morgan fingerprint density at radius 2 is 1.95 bits per heavy atom. The molecule has 0 bridgehead atoms. The molecular formula is C15H24N2O3S. The maximum Gasteiger partial charge on any atom is 0.240 e. The van der Waals surface area contributed by atoms with Crippen LogP contribution in [0.3, 0.4) is 0 Å². The first-order chi connectivity index (χ1) is 9.94. The van der Waals surface area contributed by atoms with Crippen molar-refractivity contribution in [2.75, 3.05) is 18.1 Å². The Bertz CT molecular complexity index is 555. The molecule has 2 rings (SSSR count). The van der Waals surface area contributed by atoms with Crippen LogP contribution in [0.5, 0.6) is 0 Å². The number of piperidine rings is 1. The molecule has 6 heteroatoms. The molecule has 0 saturated carbocycles. The number of rotatable bonds is 5. The van der Waals surface area contributed by atoms with Crippen molar-refractivity contribution in [3.63, 3.8) is 0 Å². The van der Waals surface area contributed by atoms with E-state index >= 15 is 0 Å². The van der Waals surface area contributed by atoms with Gasteiger partial charge in [-0.25, -0.2) is 13.1 Å². The maximum atomic E-state index is 12.1. The zero-order chi connectivity index (χ0) is 15.5. The molecule has 118 valence electrons. The molecule has 1 aromatic rings. The molecule has 1 saturated heterocycles. The predicted octanol–water partition coefficient (Wildman–Crippen LogP) is 1.72. The average molecular weight is 312 g/mol. The van der Waals surface area contributed by atoms with E-state index in [9.17, 15) is 13.5 Å². The van der Waals surface area contributed by atoms with Crippen molar-refractivity contribution in [2.45, 2.75) is 50.1 Å². The van der Waals surface area contributed by atoms with Gasteiger partial charge in [-0.3, -0.25) is 0 Å². The van der Waals surface area contributed by atoms with E-state index in [0.29, 0.717) is 0 Å². The highest BCUT2D eigenvalue weighted by Gasteiger charge is 2.22. The van der Waals surface area contributed by atoms with E-state index in [4.69, 9.17) is 0 Å². The Hall–Kier alpha value is -1.11. The fraction of sp³-hybridized carbons (Fsp3) is 0.600. The molecule has 1 heterocycles. The van der Waals surface area contributed by atoms with E-state index in [1.807, 2.05) is 12.1 Å². The topological polar surface area (TPSA) is 69.6 Å². The molecule has 1 fully saturated rings. The van der Waals surface area contributed by atoms with Crippen molar-refractivity contribution in [1.82, 2.24) is 4.72 Å². The van der Waals surface area contributed by atoms with Gasteiger partial charge in [0.2, 0.25) is 10.0 Å². The first-order valence-corrected chi connectivity index (χ1v) is 8.92. The van der Waals surface area contributed by atoms with Gasteiger partial charge in [0.1, 0.15) is 0 Å². The Morgan fingerprint density at radius 3 is 2.52 bits per heavy atom. The zero-order valence-electron chi connectivity index (χ0n) is 12.6. The maximum absolute atomic E-state index is 12.1. The third-order valence-corrected chi connectivity index (χ3v) is 5.38. The van der Waals surface area contributed by atoms with E-state index < -0.39 is 10.0 Å². The Labute approximate surface area is 127 Å².